The Labute approximate surface area is 161 Å². The maximum Gasteiger partial charge on any atom is 0.355 e. The number of hydrogen-bond acceptors (Lipinski definition) is 6. The van der Waals surface area contributed by atoms with E-state index in [1.54, 1.807) is 42.5 Å². The van der Waals surface area contributed by atoms with Gasteiger partial charge in [0.25, 0.3) is 5.91 Å². The second-order valence-corrected chi connectivity index (χ2v) is 5.84. The van der Waals surface area contributed by atoms with E-state index >= 15 is 0 Å². The van der Waals surface area contributed by atoms with Gasteiger partial charge in [0.2, 0.25) is 12.7 Å². The molecule has 0 bridgehead atoms. The van der Waals surface area contributed by atoms with Crippen molar-refractivity contribution in [2.75, 3.05) is 18.7 Å². The van der Waals surface area contributed by atoms with Crippen molar-refractivity contribution in [1.29, 1.82) is 0 Å². The number of anilines is 1. The summed E-state index contributed by atoms with van der Waals surface area (Å²) in [4.78, 5) is 35.7. The summed E-state index contributed by atoms with van der Waals surface area (Å²) in [5.41, 5.74) is 1.12. The van der Waals surface area contributed by atoms with Gasteiger partial charge in [0.15, 0.2) is 18.1 Å². The van der Waals surface area contributed by atoms with Gasteiger partial charge in [-0.3, -0.25) is 9.59 Å². The Kier molecular flexibility index (Phi) is 5.91. The fraction of sp³-hybridized carbons (Fsp3) is 0.150. The Balaban J connectivity index is 1.59. The number of hydrogen-bond donors (Lipinski definition) is 2. The van der Waals surface area contributed by atoms with E-state index in [0.717, 1.165) is 0 Å². The lowest BCUT2D eigenvalue weighted by Gasteiger charge is -2.10. The van der Waals surface area contributed by atoms with E-state index in [0.29, 0.717) is 22.7 Å². The molecule has 0 aliphatic carbocycles. The summed E-state index contributed by atoms with van der Waals surface area (Å²) >= 11 is 0. The van der Waals surface area contributed by atoms with Gasteiger partial charge in [-0.1, -0.05) is 30.3 Å². The summed E-state index contributed by atoms with van der Waals surface area (Å²) in [7, 11) is 0. The number of benzene rings is 2. The molecule has 1 heterocycles. The fourth-order valence-corrected chi connectivity index (χ4v) is 2.43. The normalized spacial score (nSPS) is 12.2. The molecule has 28 heavy (non-hydrogen) atoms. The van der Waals surface area contributed by atoms with Gasteiger partial charge in [-0.2, -0.15) is 0 Å². The van der Waals surface area contributed by atoms with Gasteiger partial charge >= 0.3 is 5.97 Å². The molecule has 144 valence electrons. The molecule has 0 radical (unpaired) electrons. The molecule has 0 aromatic heterocycles. The predicted molar refractivity (Wildman–Crippen MR) is 100 cm³/mol. The quantitative estimate of drug-likeness (QED) is 0.586. The Bertz CT molecular complexity index is 924. The Morgan fingerprint density at radius 2 is 1.82 bits per heavy atom. The molecule has 0 fully saturated rings. The van der Waals surface area contributed by atoms with Crippen LogP contribution in [0.15, 0.2) is 54.2 Å². The van der Waals surface area contributed by atoms with Crippen molar-refractivity contribution in [3.63, 3.8) is 0 Å². The van der Waals surface area contributed by atoms with E-state index in [2.05, 4.69) is 10.6 Å². The van der Waals surface area contributed by atoms with Crippen molar-refractivity contribution in [3.8, 4) is 11.5 Å². The summed E-state index contributed by atoms with van der Waals surface area (Å²) in [5.74, 6) is -0.665. The first-order valence-electron chi connectivity index (χ1n) is 8.42. The van der Waals surface area contributed by atoms with Crippen molar-refractivity contribution in [1.82, 2.24) is 5.32 Å². The highest BCUT2D eigenvalue weighted by Gasteiger charge is 2.17. The molecule has 0 saturated carbocycles. The minimum Gasteiger partial charge on any atom is -0.454 e. The number of carbonyl (C=O) groups excluding carboxylic acids is 3. The number of esters is 1. The van der Waals surface area contributed by atoms with Gasteiger partial charge in [-0.25, -0.2) is 4.79 Å². The zero-order chi connectivity index (χ0) is 19.9. The molecular formula is C20H18N2O6. The highest BCUT2D eigenvalue weighted by molar-refractivity contribution is 5.99. The summed E-state index contributed by atoms with van der Waals surface area (Å²) in [5, 5.41) is 5.01. The average molecular weight is 382 g/mol. The number of amides is 2. The predicted octanol–water partition coefficient (Wildman–Crippen LogP) is 2.07. The average Bonchev–Trinajstić information content (AvgIpc) is 3.14. The minimum atomic E-state index is -0.820. The largest absolute Gasteiger partial charge is 0.454 e. The molecule has 1 aliphatic heterocycles. The first-order valence-corrected chi connectivity index (χ1v) is 8.42. The van der Waals surface area contributed by atoms with E-state index in [1.807, 2.05) is 6.07 Å². The first-order chi connectivity index (χ1) is 13.5. The molecule has 2 aromatic carbocycles. The molecular weight excluding hydrogens is 364 g/mol. The van der Waals surface area contributed by atoms with E-state index in [4.69, 9.17) is 14.2 Å². The van der Waals surface area contributed by atoms with Crippen LogP contribution in [0.4, 0.5) is 5.69 Å². The SMILES string of the molecule is CC(=O)N/C(=C/c1ccccc1)C(=O)OCC(=O)Nc1ccc2c(c1)OCO2. The molecule has 0 spiro atoms. The lowest BCUT2D eigenvalue weighted by molar-refractivity contribution is -0.144. The highest BCUT2D eigenvalue weighted by atomic mass is 16.7. The van der Waals surface area contributed by atoms with E-state index < -0.39 is 24.4 Å². The van der Waals surface area contributed by atoms with Gasteiger partial charge in [-0.15, -0.1) is 0 Å². The Hall–Kier alpha value is -3.81. The van der Waals surface area contributed by atoms with Crippen LogP contribution in [-0.4, -0.2) is 31.2 Å². The van der Waals surface area contributed by atoms with Crippen LogP contribution in [0.1, 0.15) is 12.5 Å². The van der Waals surface area contributed by atoms with Crippen LogP contribution in [0.2, 0.25) is 0 Å². The smallest absolute Gasteiger partial charge is 0.355 e. The van der Waals surface area contributed by atoms with Gasteiger partial charge in [0.1, 0.15) is 5.70 Å². The van der Waals surface area contributed by atoms with E-state index in [1.165, 1.54) is 13.0 Å². The molecule has 0 atom stereocenters. The maximum absolute atomic E-state index is 12.3. The number of fused-ring (bicyclic) bond motifs is 1. The second-order valence-electron chi connectivity index (χ2n) is 5.84. The lowest BCUT2D eigenvalue weighted by Crippen LogP contribution is -2.28. The van der Waals surface area contributed by atoms with Crippen molar-refractivity contribution in [3.05, 3.63) is 59.8 Å². The van der Waals surface area contributed by atoms with Crippen LogP contribution >= 0.6 is 0 Å². The molecule has 3 rings (SSSR count). The van der Waals surface area contributed by atoms with Gasteiger partial charge in [0, 0.05) is 18.7 Å². The lowest BCUT2D eigenvalue weighted by atomic mass is 10.2. The summed E-state index contributed by atoms with van der Waals surface area (Å²) in [6.45, 7) is 0.890. The van der Waals surface area contributed by atoms with Crippen LogP contribution in [0.25, 0.3) is 6.08 Å². The number of nitrogens with one attached hydrogen (secondary N) is 2. The molecule has 0 unspecified atom stereocenters. The topological polar surface area (TPSA) is 103 Å². The van der Waals surface area contributed by atoms with Crippen LogP contribution in [-0.2, 0) is 19.1 Å². The third kappa shape index (κ3) is 5.10. The van der Waals surface area contributed by atoms with Crippen LogP contribution in [0, 0.1) is 0 Å². The molecule has 2 aromatic rings. The summed E-state index contributed by atoms with van der Waals surface area (Å²) < 4.78 is 15.5. The molecule has 8 nitrogen and oxygen atoms in total. The zero-order valence-electron chi connectivity index (χ0n) is 15.1. The van der Waals surface area contributed by atoms with Gasteiger partial charge in [0.05, 0.1) is 0 Å². The Morgan fingerprint density at radius 3 is 2.57 bits per heavy atom. The van der Waals surface area contributed by atoms with Gasteiger partial charge in [-0.05, 0) is 23.8 Å². The zero-order valence-corrected chi connectivity index (χ0v) is 15.1. The summed E-state index contributed by atoms with van der Waals surface area (Å²) in [6.07, 6.45) is 1.47. The first kappa shape index (κ1) is 19.0. The minimum absolute atomic E-state index is 0.0606. The standard InChI is InChI=1S/C20H18N2O6/c1-13(23)21-16(9-14-5-3-2-4-6-14)20(25)26-11-19(24)22-15-7-8-17-18(10-15)28-12-27-17/h2-10H,11-12H2,1H3,(H,21,23)(H,22,24)/b16-9+. The van der Waals surface area contributed by atoms with E-state index in [-0.39, 0.29) is 12.5 Å². The van der Waals surface area contributed by atoms with Crippen molar-refractivity contribution < 1.29 is 28.6 Å². The van der Waals surface area contributed by atoms with Crippen LogP contribution < -0.4 is 20.1 Å². The van der Waals surface area contributed by atoms with Crippen molar-refractivity contribution in [2.45, 2.75) is 6.92 Å². The summed E-state index contributed by atoms with van der Waals surface area (Å²) in [6, 6.07) is 13.9. The maximum atomic E-state index is 12.3. The van der Waals surface area contributed by atoms with Crippen molar-refractivity contribution in [2.24, 2.45) is 0 Å². The monoisotopic (exact) mass is 382 g/mol. The molecule has 0 saturated heterocycles. The molecule has 2 amide bonds. The van der Waals surface area contributed by atoms with Crippen LogP contribution in [0.3, 0.4) is 0 Å². The van der Waals surface area contributed by atoms with Gasteiger partial charge < -0.3 is 24.8 Å². The van der Waals surface area contributed by atoms with E-state index in [9.17, 15) is 14.4 Å². The number of ether oxygens (including phenoxy) is 3. The Morgan fingerprint density at radius 1 is 1.07 bits per heavy atom. The fourth-order valence-electron chi connectivity index (χ4n) is 2.43. The molecule has 1 aliphatic rings. The molecule has 8 heteroatoms. The van der Waals surface area contributed by atoms with Crippen LogP contribution in [0.5, 0.6) is 11.5 Å². The number of rotatable bonds is 6. The molecule has 2 N–H and O–H groups in total. The third-order valence-electron chi connectivity index (χ3n) is 3.63. The second kappa shape index (κ2) is 8.72. The van der Waals surface area contributed by atoms with Crippen molar-refractivity contribution >= 4 is 29.5 Å². The number of carbonyl (C=O) groups is 3. The third-order valence-corrected chi connectivity index (χ3v) is 3.63. The highest BCUT2D eigenvalue weighted by Crippen LogP contribution is 2.34.